The highest BCUT2D eigenvalue weighted by Crippen LogP contribution is 2.37. The number of imidazole rings is 1. The van der Waals surface area contributed by atoms with Gasteiger partial charge >= 0.3 is 5.69 Å². The Morgan fingerprint density at radius 3 is 2.56 bits per heavy atom. The Kier molecular flexibility index (Phi) is 6.09. The summed E-state index contributed by atoms with van der Waals surface area (Å²) in [6.07, 6.45) is 1.35. The molecule has 1 N–H and O–H groups in total. The molecule has 0 radical (unpaired) electrons. The van der Waals surface area contributed by atoms with Gasteiger partial charge in [0.15, 0.2) is 12.4 Å². The first-order valence-corrected chi connectivity index (χ1v) is 13.3. The van der Waals surface area contributed by atoms with E-state index in [1.54, 1.807) is 21.9 Å². The van der Waals surface area contributed by atoms with Crippen LogP contribution in [0.5, 0.6) is 5.75 Å². The normalized spacial score (nSPS) is 16.4. The standard InChI is InChI=1S/C30H32N4O5/c1-30(2,3)19-8-10-25-24(16-19)33(27(35)18-38-25)17-21-9-11-26(39-21)28(36)32-14-12-20(13-15-32)34-23-7-5-4-6-22(23)31-29(34)37/h4-11,16,20H,12-15,17-18H2,1-3H3,(H,31,37). The molecule has 0 spiro atoms. The predicted octanol–water partition coefficient (Wildman–Crippen LogP) is 4.62. The fourth-order valence-electron chi connectivity index (χ4n) is 5.50. The molecular weight excluding hydrogens is 496 g/mol. The molecule has 4 aromatic rings. The number of likely N-dealkylation sites (tertiary alicyclic amines) is 1. The number of aromatic amines is 1. The molecule has 1 saturated heterocycles. The van der Waals surface area contributed by atoms with Gasteiger partial charge in [0, 0.05) is 19.1 Å². The number of hydrogen-bond acceptors (Lipinski definition) is 5. The van der Waals surface area contributed by atoms with Crippen molar-refractivity contribution in [1.29, 1.82) is 0 Å². The zero-order valence-corrected chi connectivity index (χ0v) is 22.4. The Balaban J connectivity index is 1.15. The van der Waals surface area contributed by atoms with Crippen LogP contribution in [0, 0.1) is 0 Å². The van der Waals surface area contributed by atoms with Crippen molar-refractivity contribution in [2.75, 3.05) is 24.6 Å². The average Bonchev–Trinajstić information content (AvgIpc) is 3.53. The molecule has 2 aliphatic rings. The molecular formula is C30H32N4O5. The molecule has 202 valence electrons. The average molecular weight is 529 g/mol. The number of nitrogens with one attached hydrogen (secondary N) is 1. The third kappa shape index (κ3) is 4.62. The number of rotatable bonds is 4. The second kappa shape index (κ2) is 9.48. The van der Waals surface area contributed by atoms with Gasteiger partial charge in [0.25, 0.3) is 11.8 Å². The monoisotopic (exact) mass is 528 g/mol. The molecule has 9 heteroatoms. The van der Waals surface area contributed by atoms with Gasteiger partial charge in [-0.05, 0) is 60.2 Å². The number of carbonyl (C=O) groups is 2. The fraction of sp³-hybridized carbons (Fsp3) is 0.367. The number of aromatic nitrogens is 2. The number of para-hydroxylation sites is 2. The van der Waals surface area contributed by atoms with Gasteiger partial charge < -0.3 is 19.0 Å². The third-order valence-electron chi connectivity index (χ3n) is 7.70. The van der Waals surface area contributed by atoms with Crippen LogP contribution >= 0.6 is 0 Å². The van der Waals surface area contributed by atoms with Gasteiger partial charge in [-0.3, -0.25) is 19.1 Å². The number of benzene rings is 2. The molecule has 2 amide bonds. The maximum atomic E-state index is 13.3. The molecule has 2 aromatic heterocycles. The summed E-state index contributed by atoms with van der Waals surface area (Å²) in [6.45, 7) is 7.58. The van der Waals surface area contributed by atoms with E-state index in [2.05, 4.69) is 25.8 Å². The maximum Gasteiger partial charge on any atom is 0.326 e. The number of furan rings is 1. The predicted molar refractivity (Wildman–Crippen MR) is 147 cm³/mol. The second-order valence-electron chi connectivity index (χ2n) is 11.3. The van der Waals surface area contributed by atoms with E-state index in [1.165, 1.54) is 0 Å². The topological polar surface area (TPSA) is 101 Å². The van der Waals surface area contributed by atoms with Crippen LogP contribution in [0.15, 0.2) is 63.8 Å². The molecule has 1 fully saturated rings. The molecule has 0 bridgehead atoms. The smallest absolute Gasteiger partial charge is 0.326 e. The zero-order valence-electron chi connectivity index (χ0n) is 22.4. The fourth-order valence-corrected chi connectivity index (χ4v) is 5.50. The van der Waals surface area contributed by atoms with Crippen LogP contribution < -0.4 is 15.3 Å². The van der Waals surface area contributed by atoms with E-state index in [1.807, 2.05) is 47.0 Å². The van der Waals surface area contributed by atoms with Gasteiger partial charge in [-0.15, -0.1) is 0 Å². The lowest BCUT2D eigenvalue weighted by molar-refractivity contribution is -0.121. The number of fused-ring (bicyclic) bond motifs is 2. The van der Waals surface area contributed by atoms with Crippen molar-refractivity contribution in [1.82, 2.24) is 14.5 Å². The van der Waals surface area contributed by atoms with Crippen molar-refractivity contribution in [2.24, 2.45) is 0 Å². The largest absolute Gasteiger partial charge is 0.482 e. The summed E-state index contributed by atoms with van der Waals surface area (Å²) in [5.41, 5.74) is 3.30. The Labute approximate surface area is 226 Å². The highest BCUT2D eigenvalue weighted by atomic mass is 16.5. The van der Waals surface area contributed by atoms with Crippen LogP contribution in [-0.4, -0.2) is 46.0 Å². The molecule has 4 heterocycles. The van der Waals surface area contributed by atoms with Crippen molar-refractivity contribution in [3.8, 4) is 5.75 Å². The highest BCUT2D eigenvalue weighted by Gasteiger charge is 2.30. The van der Waals surface area contributed by atoms with Crippen molar-refractivity contribution in [3.05, 3.63) is 82.2 Å². The van der Waals surface area contributed by atoms with Gasteiger partial charge in [0.05, 0.1) is 23.3 Å². The van der Waals surface area contributed by atoms with Gasteiger partial charge in [0.2, 0.25) is 0 Å². The summed E-state index contributed by atoms with van der Waals surface area (Å²) in [5.74, 6) is 1.09. The molecule has 0 atom stereocenters. The molecule has 0 saturated carbocycles. The summed E-state index contributed by atoms with van der Waals surface area (Å²) >= 11 is 0. The van der Waals surface area contributed by atoms with E-state index in [-0.39, 0.29) is 47.9 Å². The third-order valence-corrected chi connectivity index (χ3v) is 7.70. The number of H-pyrrole nitrogens is 1. The lowest BCUT2D eigenvalue weighted by atomic mass is 9.86. The number of carbonyl (C=O) groups excluding carboxylic acids is 2. The Bertz CT molecular complexity index is 1610. The van der Waals surface area contributed by atoms with Crippen molar-refractivity contribution >= 4 is 28.5 Å². The summed E-state index contributed by atoms with van der Waals surface area (Å²) in [6, 6.07) is 17.0. The van der Waals surface area contributed by atoms with Crippen LogP contribution in [0.3, 0.4) is 0 Å². The minimum absolute atomic E-state index is 0.0234. The summed E-state index contributed by atoms with van der Waals surface area (Å²) in [7, 11) is 0. The number of nitrogens with zero attached hydrogens (tertiary/aromatic N) is 3. The maximum absolute atomic E-state index is 13.3. The first kappa shape index (κ1) is 25.0. The molecule has 0 aliphatic carbocycles. The van der Waals surface area contributed by atoms with Crippen molar-refractivity contribution < 1.29 is 18.7 Å². The second-order valence-corrected chi connectivity index (χ2v) is 11.3. The van der Waals surface area contributed by atoms with Crippen LogP contribution in [0.1, 0.15) is 61.5 Å². The summed E-state index contributed by atoms with van der Waals surface area (Å²) in [5, 5.41) is 0. The Morgan fingerprint density at radius 1 is 1.03 bits per heavy atom. The number of hydrogen-bond donors (Lipinski definition) is 1. The lowest BCUT2D eigenvalue weighted by Gasteiger charge is -2.32. The minimum atomic E-state index is -0.185. The molecule has 2 aliphatic heterocycles. The van der Waals surface area contributed by atoms with E-state index in [0.29, 0.717) is 43.1 Å². The zero-order chi connectivity index (χ0) is 27.3. The van der Waals surface area contributed by atoms with Crippen molar-refractivity contribution in [2.45, 2.75) is 51.6 Å². The number of amides is 2. The molecule has 39 heavy (non-hydrogen) atoms. The highest BCUT2D eigenvalue weighted by molar-refractivity contribution is 5.98. The summed E-state index contributed by atoms with van der Waals surface area (Å²) in [4.78, 5) is 45.0. The van der Waals surface area contributed by atoms with Crippen LogP contribution in [0.25, 0.3) is 11.0 Å². The van der Waals surface area contributed by atoms with E-state index in [4.69, 9.17) is 9.15 Å². The number of ether oxygens (including phenoxy) is 1. The molecule has 0 unspecified atom stereocenters. The first-order chi connectivity index (χ1) is 18.7. The SMILES string of the molecule is CC(C)(C)c1ccc2c(c1)N(Cc1ccc(C(=O)N3CCC(n4c(=O)[nH]c5ccccc54)CC3)o1)C(=O)CO2. The van der Waals surface area contributed by atoms with Crippen LogP contribution in [-0.2, 0) is 16.8 Å². The van der Waals surface area contributed by atoms with Gasteiger partial charge in [-0.2, -0.15) is 0 Å². The van der Waals surface area contributed by atoms with Gasteiger partial charge in [-0.25, -0.2) is 4.79 Å². The van der Waals surface area contributed by atoms with Gasteiger partial charge in [0.1, 0.15) is 11.5 Å². The van der Waals surface area contributed by atoms with Crippen molar-refractivity contribution in [3.63, 3.8) is 0 Å². The summed E-state index contributed by atoms with van der Waals surface area (Å²) < 4.78 is 13.4. The number of piperidine rings is 1. The quantitative estimate of drug-likeness (QED) is 0.417. The number of anilines is 1. The lowest BCUT2D eigenvalue weighted by Crippen LogP contribution is -2.40. The Morgan fingerprint density at radius 2 is 1.79 bits per heavy atom. The first-order valence-electron chi connectivity index (χ1n) is 13.3. The minimum Gasteiger partial charge on any atom is -0.482 e. The van der Waals surface area contributed by atoms with Gasteiger partial charge in [-0.1, -0.05) is 39.0 Å². The van der Waals surface area contributed by atoms with E-state index in [9.17, 15) is 14.4 Å². The Hall–Kier alpha value is -4.27. The molecule has 6 rings (SSSR count). The van der Waals surface area contributed by atoms with E-state index in [0.717, 1.165) is 16.6 Å². The van der Waals surface area contributed by atoms with E-state index < -0.39 is 0 Å². The van der Waals surface area contributed by atoms with Crippen LogP contribution in [0.4, 0.5) is 5.69 Å². The van der Waals surface area contributed by atoms with Crippen LogP contribution in [0.2, 0.25) is 0 Å². The molecule has 9 nitrogen and oxygen atoms in total. The van der Waals surface area contributed by atoms with E-state index >= 15 is 0 Å². The molecule has 2 aromatic carbocycles.